The van der Waals surface area contributed by atoms with Crippen molar-refractivity contribution in [2.75, 3.05) is 7.11 Å². The van der Waals surface area contributed by atoms with Gasteiger partial charge in [0.05, 0.1) is 6.10 Å². The van der Waals surface area contributed by atoms with Crippen LogP contribution in [0.25, 0.3) is 0 Å². The Morgan fingerprint density at radius 2 is 1.95 bits per heavy atom. The van der Waals surface area contributed by atoms with Crippen molar-refractivity contribution in [2.24, 2.45) is 11.3 Å². The van der Waals surface area contributed by atoms with Crippen molar-refractivity contribution in [3.8, 4) is 0 Å². The molecule has 1 aliphatic carbocycles. The van der Waals surface area contributed by atoms with Crippen molar-refractivity contribution in [1.82, 2.24) is 10.6 Å². The minimum atomic E-state index is -0.957. The van der Waals surface area contributed by atoms with Gasteiger partial charge in [-0.05, 0) is 12.3 Å². The molecule has 0 heterocycles. The first-order valence-electron chi connectivity index (χ1n) is 7.01. The highest BCUT2D eigenvalue weighted by Crippen LogP contribution is 2.42. The van der Waals surface area contributed by atoms with Crippen LogP contribution in [-0.4, -0.2) is 42.3 Å². The van der Waals surface area contributed by atoms with E-state index in [0.717, 1.165) is 0 Å². The molecule has 1 rings (SSSR count). The third kappa shape index (κ3) is 4.70. The number of imide groups is 1. The molecule has 0 saturated heterocycles. The van der Waals surface area contributed by atoms with Crippen LogP contribution in [0.4, 0.5) is 4.79 Å². The van der Waals surface area contributed by atoms with Crippen LogP contribution in [0.15, 0.2) is 0 Å². The second-order valence-electron chi connectivity index (χ2n) is 6.26. The first-order chi connectivity index (χ1) is 9.66. The molecule has 1 fully saturated rings. The van der Waals surface area contributed by atoms with Gasteiger partial charge in [0, 0.05) is 31.4 Å². The van der Waals surface area contributed by atoms with Crippen molar-refractivity contribution < 1.29 is 24.2 Å². The van der Waals surface area contributed by atoms with E-state index in [2.05, 4.69) is 10.6 Å². The van der Waals surface area contributed by atoms with Crippen LogP contribution in [0.1, 0.15) is 40.0 Å². The van der Waals surface area contributed by atoms with Gasteiger partial charge in [0.1, 0.15) is 0 Å². The summed E-state index contributed by atoms with van der Waals surface area (Å²) in [5, 5.41) is 13.6. The summed E-state index contributed by atoms with van der Waals surface area (Å²) in [7, 11) is 1.63. The summed E-state index contributed by atoms with van der Waals surface area (Å²) in [6.07, 6.45) is 0.712. The standard InChI is InChI=1S/C14H24N2O5/c1-8(6-12(18)19)5-11(17)16-13(20)15-9-7-10(21-4)14(9,2)3/h8-10H,5-7H2,1-4H3,(H,18,19)(H2,15,16,17,20). The molecule has 3 unspecified atom stereocenters. The van der Waals surface area contributed by atoms with Crippen LogP contribution in [0.5, 0.6) is 0 Å². The highest BCUT2D eigenvalue weighted by molar-refractivity contribution is 5.94. The highest BCUT2D eigenvalue weighted by atomic mass is 16.5. The van der Waals surface area contributed by atoms with E-state index in [0.29, 0.717) is 6.42 Å². The molecule has 0 aromatic heterocycles. The number of carboxylic acid groups (broad SMARTS) is 1. The van der Waals surface area contributed by atoms with Gasteiger partial charge in [-0.3, -0.25) is 14.9 Å². The summed E-state index contributed by atoms with van der Waals surface area (Å²) in [5.41, 5.74) is -0.175. The van der Waals surface area contributed by atoms with Crippen LogP contribution >= 0.6 is 0 Å². The second kappa shape index (κ2) is 6.89. The number of methoxy groups -OCH3 is 1. The van der Waals surface area contributed by atoms with Crippen molar-refractivity contribution in [3.63, 3.8) is 0 Å². The first-order valence-corrected chi connectivity index (χ1v) is 7.01. The van der Waals surface area contributed by atoms with Gasteiger partial charge in [0.25, 0.3) is 0 Å². The number of hydrogen-bond donors (Lipinski definition) is 3. The minimum Gasteiger partial charge on any atom is -0.481 e. The van der Waals surface area contributed by atoms with Gasteiger partial charge >= 0.3 is 12.0 Å². The maximum atomic E-state index is 11.7. The Kier molecular flexibility index (Phi) is 5.71. The van der Waals surface area contributed by atoms with E-state index in [1.54, 1.807) is 14.0 Å². The lowest BCUT2D eigenvalue weighted by Gasteiger charge is -2.51. The van der Waals surface area contributed by atoms with E-state index in [9.17, 15) is 14.4 Å². The fraction of sp³-hybridized carbons (Fsp3) is 0.786. The van der Waals surface area contributed by atoms with Crippen molar-refractivity contribution in [1.29, 1.82) is 0 Å². The number of amides is 3. The molecule has 0 spiro atoms. The number of rotatable bonds is 6. The summed E-state index contributed by atoms with van der Waals surface area (Å²) in [6, 6.07) is -0.596. The minimum absolute atomic E-state index is 0.00841. The lowest BCUT2D eigenvalue weighted by atomic mass is 9.64. The third-order valence-electron chi connectivity index (χ3n) is 4.08. The van der Waals surface area contributed by atoms with Crippen molar-refractivity contribution in [3.05, 3.63) is 0 Å². The zero-order valence-electron chi connectivity index (χ0n) is 12.9. The highest BCUT2D eigenvalue weighted by Gasteiger charge is 2.49. The molecule has 7 heteroatoms. The molecule has 21 heavy (non-hydrogen) atoms. The molecule has 3 N–H and O–H groups in total. The van der Waals surface area contributed by atoms with Crippen LogP contribution < -0.4 is 10.6 Å². The Labute approximate surface area is 124 Å². The normalized spacial score (nSPS) is 24.6. The number of hydrogen-bond acceptors (Lipinski definition) is 4. The monoisotopic (exact) mass is 300 g/mol. The van der Waals surface area contributed by atoms with Crippen LogP contribution in [-0.2, 0) is 14.3 Å². The molecule has 0 radical (unpaired) electrons. The SMILES string of the molecule is COC1CC(NC(=O)NC(=O)CC(C)CC(=O)O)C1(C)C. The van der Waals surface area contributed by atoms with Crippen molar-refractivity contribution in [2.45, 2.75) is 52.2 Å². The molecule has 1 saturated carbocycles. The summed E-state index contributed by atoms with van der Waals surface area (Å²) in [4.78, 5) is 33.9. The summed E-state index contributed by atoms with van der Waals surface area (Å²) in [5.74, 6) is -1.74. The smallest absolute Gasteiger partial charge is 0.321 e. The van der Waals surface area contributed by atoms with Crippen LogP contribution in [0.2, 0.25) is 0 Å². The van der Waals surface area contributed by atoms with Crippen LogP contribution in [0.3, 0.4) is 0 Å². The molecule has 0 bridgehead atoms. The number of ether oxygens (including phenoxy) is 1. The molecule has 0 aromatic carbocycles. The van der Waals surface area contributed by atoms with E-state index < -0.39 is 17.9 Å². The van der Waals surface area contributed by atoms with E-state index in [1.165, 1.54) is 0 Å². The van der Waals surface area contributed by atoms with Gasteiger partial charge in [0.2, 0.25) is 5.91 Å². The predicted molar refractivity (Wildman–Crippen MR) is 75.7 cm³/mol. The Morgan fingerprint density at radius 3 is 2.43 bits per heavy atom. The van der Waals surface area contributed by atoms with Gasteiger partial charge in [-0.15, -0.1) is 0 Å². The molecule has 3 amide bonds. The first kappa shape index (κ1) is 17.4. The largest absolute Gasteiger partial charge is 0.481 e. The van der Waals surface area contributed by atoms with Gasteiger partial charge in [-0.2, -0.15) is 0 Å². The van der Waals surface area contributed by atoms with Gasteiger partial charge < -0.3 is 15.2 Å². The molecule has 0 aromatic rings. The van der Waals surface area contributed by atoms with Crippen molar-refractivity contribution >= 4 is 17.9 Å². The van der Waals surface area contributed by atoms with Gasteiger partial charge in [0.15, 0.2) is 0 Å². The average Bonchev–Trinajstić information content (AvgIpc) is 2.32. The zero-order valence-corrected chi connectivity index (χ0v) is 12.9. The quantitative estimate of drug-likeness (QED) is 0.682. The fourth-order valence-electron chi connectivity index (χ4n) is 2.59. The Hall–Kier alpha value is -1.63. The molecule has 120 valence electrons. The number of carbonyl (C=O) groups is 3. The molecule has 0 aliphatic heterocycles. The van der Waals surface area contributed by atoms with E-state index >= 15 is 0 Å². The maximum Gasteiger partial charge on any atom is 0.321 e. The van der Waals surface area contributed by atoms with Gasteiger partial charge in [-0.1, -0.05) is 20.8 Å². The predicted octanol–water partition coefficient (Wildman–Crippen LogP) is 1.13. The number of nitrogens with one attached hydrogen (secondary N) is 2. The average molecular weight is 300 g/mol. The van der Waals surface area contributed by atoms with E-state index in [1.807, 2.05) is 13.8 Å². The number of carbonyl (C=O) groups excluding carboxylic acids is 2. The lowest BCUT2D eigenvalue weighted by molar-refractivity contribution is -0.138. The Morgan fingerprint density at radius 1 is 1.33 bits per heavy atom. The fourth-order valence-corrected chi connectivity index (χ4v) is 2.59. The summed E-state index contributed by atoms with van der Waals surface area (Å²) in [6.45, 7) is 5.64. The Balaban J connectivity index is 2.34. The summed E-state index contributed by atoms with van der Waals surface area (Å²) >= 11 is 0. The maximum absolute atomic E-state index is 11.7. The second-order valence-corrected chi connectivity index (χ2v) is 6.26. The Bertz CT molecular complexity index is 422. The van der Waals surface area contributed by atoms with Gasteiger partial charge in [-0.25, -0.2) is 4.79 Å². The zero-order chi connectivity index (χ0) is 16.2. The number of carboxylic acids is 1. The number of aliphatic carboxylic acids is 1. The van der Waals surface area contributed by atoms with E-state index in [4.69, 9.17) is 9.84 Å². The summed E-state index contributed by atoms with van der Waals surface area (Å²) < 4.78 is 5.29. The topological polar surface area (TPSA) is 105 Å². The van der Waals surface area contributed by atoms with Crippen LogP contribution in [0, 0.1) is 11.3 Å². The molecule has 1 aliphatic rings. The molecular weight excluding hydrogens is 276 g/mol. The van der Waals surface area contributed by atoms with E-state index in [-0.39, 0.29) is 36.3 Å². The molecule has 7 nitrogen and oxygen atoms in total. The number of urea groups is 1. The third-order valence-corrected chi connectivity index (χ3v) is 4.08. The molecule has 3 atom stereocenters. The lowest BCUT2D eigenvalue weighted by Crippen LogP contribution is -2.63. The molecular formula is C14H24N2O5.